The summed E-state index contributed by atoms with van der Waals surface area (Å²) in [6.45, 7) is 7.59. The monoisotopic (exact) mass is 278 g/mol. The highest BCUT2D eigenvalue weighted by atomic mass is 16.6. The van der Waals surface area contributed by atoms with E-state index in [-0.39, 0.29) is 11.9 Å². The van der Waals surface area contributed by atoms with Gasteiger partial charge in [0.25, 0.3) is 0 Å². The summed E-state index contributed by atoms with van der Waals surface area (Å²) in [5.41, 5.74) is 0.833. The molecule has 0 heterocycles. The van der Waals surface area contributed by atoms with Crippen LogP contribution in [0.25, 0.3) is 6.08 Å². The van der Waals surface area contributed by atoms with E-state index < -0.39 is 0 Å². The minimum Gasteiger partial charge on any atom is -0.493 e. The van der Waals surface area contributed by atoms with Gasteiger partial charge in [0.15, 0.2) is 11.5 Å². The summed E-state index contributed by atoms with van der Waals surface area (Å²) in [5, 5.41) is 0. The van der Waals surface area contributed by atoms with Crippen molar-refractivity contribution < 1.29 is 19.0 Å². The second-order valence-electron chi connectivity index (χ2n) is 4.57. The van der Waals surface area contributed by atoms with E-state index in [4.69, 9.17) is 14.2 Å². The molecule has 0 saturated heterocycles. The fraction of sp³-hybridized carbons (Fsp3) is 0.438. The highest BCUT2D eigenvalue weighted by Gasteiger charge is 2.20. The van der Waals surface area contributed by atoms with Crippen LogP contribution in [0, 0.1) is 5.92 Å². The molecule has 0 amide bonds. The third-order valence-electron chi connectivity index (χ3n) is 3.05. The van der Waals surface area contributed by atoms with E-state index in [1.54, 1.807) is 18.2 Å². The molecule has 0 bridgehead atoms. The van der Waals surface area contributed by atoms with E-state index in [0.717, 1.165) is 18.4 Å². The number of esters is 1. The molecule has 0 aliphatic rings. The lowest BCUT2D eigenvalue weighted by Gasteiger charge is -2.16. The number of rotatable bonds is 7. The van der Waals surface area contributed by atoms with E-state index in [2.05, 4.69) is 6.58 Å². The Balaban J connectivity index is 3.09. The Kier molecular flexibility index (Phi) is 6.10. The zero-order chi connectivity index (χ0) is 15.1. The maximum absolute atomic E-state index is 12.0. The predicted octanol–water partition coefficient (Wildman–Crippen LogP) is 3.69. The highest BCUT2D eigenvalue weighted by Crippen LogP contribution is 2.39. The van der Waals surface area contributed by atoms with Crippen molar-refractivity contribution in [2.45, 2.75) is 26.7 Å². The fourth-order valence-corrected chi connectivity index (χ4v) is 1.87. The van der Waals surface area contributed by atoms with Crippen molar-refractivity contribution in [3.8, 4) is 17.2 Å². The third kappa shape index (κ3) is 3.76. The molecule has 0 fully saturated rings. The van der Waals surface area contributed by atoms with Crippen LogP contribution in [0.1, 0.15) is 32.3 Å². The Morgan fingerprint density at radius 1 is 1.30 bits per heavy atom. The van der Waals surface area contributed by atoms with Crippen LogP contribution in [0.4, 0.5) is 0 Å². The van der Waals surface area contributed by atoms with Gasteiger partial charge >= 0.3 is 5.97 Å². The molecule has 0 spiro atoms. The molecule has 4 heteroatoms. The molecule has 20 heavy (non-hydrogen) atoms. The molecule has 0 aromatic heterocycles. The van der Waals surface area contributed by atoms with Crippen molar-refractivity contribution in [2.75, 3.05) is 14.2 Å². The molecule has 0 radical (unpaired) electrons. The molecular formula is C16H22O4. The molecule has 1 rings (SSSR count). The standard InChI is InChI=1S/C16H22O4/c1-6-8-11(3)16(17)20-15-13(18-4)9-12(7-2)10-14(15)19-5/h7,9-11H,2,6,8H2,1,3-5H3. The van der Waals surface area contributed by atoms with Crippen LogP contribution in [0.15, 0.2) is 18.7 Å². The number of benzene rings is 1. The zero-order valence-electron chi connectivity index (χ0n) is 12.6. The molecule has 0 aliphatic heterocycles. The lowest BCUT2D eigenvalue weighted by atomic mass is 10.1. The van der Waals surface area contributed by atoms with Crippen molar-refractivity contribution >= 4 is 12.0 Å². The molecular weight excluding hydrogens is 256 g/mol. The maximum atomic E-state index is 12.0. The lowest BCUT2D eigenvalue weighted by Crippen LogP contribution is -2.18. The molecule has 0 N–H and O–H groups in total. The van der Waals surface area contributed by atoms with Gasteiger partial charge in [0, 0.05) is 0 Å². The largest absolute Gasteiger partial charge is 0.493 e. The van der Waals surface area contributed by atoms with E-state index in [9.17, 15) is 4.79 Å². The van der Waals surface area contributed by atoms with Gasteiger partial charge in [0.1, 0.15) is 0 Å². The topological polar surface area (TPSA) is 44.8 Å². The first-order valence-corrected chi connectivity index (χ1v) is 6.67. The van der Waals surface area contributed by atoms with Crippen molar-refractivity contribution in [2.24, 2.45) is 5.92 Å². The van der Waals surface area contributed by atoms with Gasteiger partial charge in [0.05, 0.1) is 20.1 Å². The van der Waals surface area contributed by atoms with E-state index in [1.165, 1.54) is 14.2 Å². The first-order chi connectivity index (χ1) is 9.57. The van der Waals surface area contributed by atoms with Crippen molar-refractivity contribution in [3.05, 3.63) is 24.3 Å². The van der Waals surface area contributed by atoms with Crippen molar-refractivity contribution in [1.29, 1.82) is 0 Å². The summed E-state index contributed by atoms with van der Waals surface area (Å²) in [5.74, 6) is 0.782. The Morgan fingerprint density at radius 2 is 1.85 bits per heavy atom. The quantitative estimate of drug-likeness (QED) is 0.563. The van der Waals surface area contributed by atoms with E-state index >= 15 is 0 Å². The smallest absolute Gasteiger partial charge is 0.314 e. The number of carbonyl (C=O) groups excluding carboxylic acids is 1. The van der Waals surface area contributed by atoms with Crippen LogP contribution < -0.4 is 14.2 Å². The second-order valence-corrected chi connectivity index (χ2v) is 4.57. The average Bonchev–Trinajstić information content (AvgIpc) is 2.47. The molecule has 4 nitrogen and oxygen atoms in total. The number of hydrogen-bond donors (Lipinski definition) is 0. The summed E-state index contributed by atoms with van der Waals surface area (Å²) in [4.78, 5) is 12.0. The SMILES string of the molecule is C=Cc1cc(OC)c(OC(=O)C(C)CCC)c(OC)c1. The van der Waals surface area contributed by atoms with Gasteiger partial charge in [-0.25, -0.2) is 0 Å². The van der Waals surface area contributed by atoms with Crippen LogP contribution in [-0.2, 0) is 4.79 Å². The molecule has 1 aromatic carbocycles. The number of methoxy groups -OCH3 is 2. The number of ether oxygens (including phenoxy) is 3. The minimum atomic E-state index is -0.283. The summed E-state index contributed by atoms with van der Waals surface area (Å²) in [6, 6.07) is 3.51. The van der Waals surface area contributed by atoms with Crippen LogP contribution >= 0.6 is 0 Å². The Hall–Kier alpha value is -1.97. The van der Waals surface area contributed by atoms with Crippen molar-refractivity contribution in [3.63, 3.8) is 0 Å². The molecule has 1 aromatic rings. The van der Waals surface area contributed by atoms with Gasteiger partial charge in [-0.2, -0.15) is 0 Å². The Morgan fingerprint density at radius 3 is 2.25 bits per heavy atom. The van der Waals surface area contributed by atoms with Gasteiger partial charge in [-0.1, -0.05) is 32.9 Å². The van der Waals surface area contributed by atoms with Gasteiger partial charge in [-0.15, -0.1) is 0 Å². The summed E-state index contributed by atoms with van der Waals surface area (Å²) >= 11 is 0. The van der Waals surface area contributed by atoms with Crippen LogP contribution in [0.3, 0.4) is 0 Å². The molecule has 0 aliphatic carbocycles. The first-order valence-electron chi connectivity index (χ1n) is 6.67. The minimum absolute atomic E-state index is 0.159. The van der Waals surface area contributed by atoms with E-state index in [1.807, 2.05) is 13.8 Å². The van der Waals surface area contributed by atoms with Gasteiger partial charge in [-0.3, -0.25) is 4.79 Å². The molecule has 1 atom stereocenters. The van der Waals surface area contributed by atoms with Crippen LogP contribution in [0.5, 0.6) is 17.2 Å². The third-order valence-corrected chi connectivity index (χ3v) is 3.05. The average molecular weight is 278 g/mol. The van der Waals surface area contributed by atoms with Gasteiger partial charge < -0.3 is 14.2 Å². The molecule has 0 saturated carbocycles. The normalized spacial score (nSPS) is 11.6. The first kappa shape index (κ1) is 16.1. The predicted molar refractivity (Wildman–Crippen MR) is 79.3 cm³/mol. The maximum Gasteiger partial charge on any atom is 0.314 e. The Bertz CT molecular complexity index is 454. The fourth-order valence-electron chi connectivity index (χ4n) is 1.87. The summed E-state index contributed by atoms with van der Waals surface area (Å²) in [6.07, 6.45) is 3.39. The second kappa shape index (κ2) is 7.58. The van der Waals surface area contributed by atoms with Gasteiger partial charge in [-0.05, 0) is 24.1 Å². The zero-order valence-corrected chi connectivity index (χ0v) is 12.6. The van der Waals surface area contributed by atoms with E-state index in [0.29, 0.717) is 17.2 Å². The van der Waals surface area contributed by atoms with Crippen LogP contribution in [0.2, 0.25) is 0 Å². The molecule has 110 valence electrons. The van der Waals surface area contributed by atoms with Crippen molar-refractivity contribution in [1.82, 2.24) is 0 Å². The highest BCUT2D eigenvalue weighted by molar-refractivity contribution is 5.77. The summed E-state index contributed by atoms with van der Waals surface area (Å²) < 4.78 is 16.0. The van der Waals surface area contributed by atoms with Gasteiger partial charge in [0.2, 0.25) is 5.75 Å². The lowest BCUT2D eigenvalue weighted by molar-refractivity contribution is -0.138. The summed E-state index contributed by atoms with van der Waals surface area (Å²) in [7, 11) is 3.04. The Labute approximate surface area is 120 Å². The van der Waals surface area contributed by atoms with Crippen LogP contribution in [-0.4, -0.2) is 20.2 Å². The molecule has 1 unspecified atom stereocenters. The number of carbonyl (C=O) groups is 1. The number of hydrogen-bond acceptors (Lipinski definition) is 4.